The highest BCUT2D eigenvalue weighted by Crippen LogP contribution is 2.28. The standard InChI is InChI=1S/C16H15BrN2O/c1-16(2,3)15-19-18-14(20-15)12-5-4-11-9-13(17)7-6-10(11)8-12/h4-9H,1-3H3. The van der Waals surface area contributed by atoms with Crippen molar-refractivity contribution in [3.05, 3.63) is 46.8 Å². The smallest absolute Gasteiger partial charge is 0.247 e. The summed E-state index contributed by atoms with van der Waals surface area (Å²) in [6, 6.07) is 12.3. The van der Waals surface area contributed by atoms with Crippen molar-refractivity contribution in [2.24, 2.45) is 0 Å². The fourth-order valence-corrected chi connectivity index (χ4v) is 2.37. The van der Waals surface area contributed by atoms with Crippen LogP contribution >= 0.6 is 15.9 Å². The van der Waals surface area contributed by atoms with Crippen LogP contribution in [0.1, 0.15) is 26.7 Å². The Morgan fingerprint density at radius 3 is 2.35 bits per heavy atom. The molecule has 0 amide bonds. The van der Waals surface area contributed by atoms with Crippen molar-refractivity contribution in [1.82, 2.24) is 10.2 Å². The minimum atomic E-state index is -0.132. The predicted octanol–water partition coefficient (Wildman–Crippen LogP) is 4.95. The van der Waals surface area contributed by atoms with Gasteiger partial charge in [-0.1, -0.05) is 48.8 Å². The van der Waals surface area contributed by atoms with E-state index < -0.39 is 0 Å². The topological polar surface area (TPSA) is 38.9 Å². The second-order valence-corrected chi connectivity index (χ2v) is 6.78. The lowest BCUT2D eigenvalue weighted by Crippen LogP contribution is -2.11. The van der Waals surface area contributed by atoms with Gasteiger partial charge in [0.05, 0.1) is 0 Å². The van der Waals surface area contributed by atoms with Gasteiger partial charge in [-0.2, -0.15) is 0 Å². The molecule has 0 aliphatic carbocycles. The Kier molecular flexibility index (Phi) is 3.13. The molecule has 3 aromatic rings. The molecule has 0 spiro atoms. The molecule has 0 saturated carbocycles. The second kappa shape index (κ2) is 4.70. The highest BCUT2D eigenvalue weighted by atomic mass is 79.9. The summed E-state index contributed by atoms with van der Waals surface area (Å²) in [5, 5.41) is 10.6. The van der Waals surface area contributed by atoms with E-state index in [1.165, 1.54) is 5.39 Å². The number of fused-ring (bicyclic) bond motifs is 1. The van der Waals surface area contributed by atoms with Crippen molar-refractivity contribution in [2.75, 3.05) is 0 Å². The van der Waals surface area contributed by atoms with E-state index in [0.29, 0.717) is 11.8 Å². The van der Waals surface area contributed by atoms with Crippen LogP contribution in [0.2, 0.25) is 0 Å². The van der Waals surface area contributed by atoms with Gasteiger partial charge in [0, 0.05) is 15.5 Å². The first-order valence-electron chi connectivity index (χ1n) is 6.47. The third-order valence-corrected chi connectivity index (χ3v) is 3.61. The summed E-state index contributed by atoms with van der Waals surface area (Å²) in [5.41, 5.74) is 0.815. The van der Waals surface area contributed by atoms with Crippen LogP contribution < -0.4 is 0 Å². The molecule has 0 unspecified atom stereocenters. The minimum Gasteiger partial charge on any atom is -0.420 e. The quantitative estimate of drug-likeness (QED) is 0.633. The first-order valence-corrected chi connectivity index (χ1v) is 7.26. The maximum atomic E-state index is 5.78. The van der Waals surface area contributed by atoms with Crippen LogP contribution in [0.25, 0.3) is 22.2 Å². The molecule has 0 fully saturated rings. The van der Waals surface area contributed by atoms with Gasteiger partial charge in [-0.25, -0.2) is 0 Å². The molecule has 3 nitrogen and oxygen atoms in total. The van der Waals surface area contributed by atoms with Gasteiger partial charge < -0.3 is 4.42 Å². The average molecular weight is 331 g/mol. The van der Waals surface area contributed by atoms with Gasteiger partial charge in [0.25, 0.3) is 0 Å². The SMILES string of the molecule is CC(C)(C)c1nnc(-c2ccc3cc(Br)ccc3c2)o1. The van der Waals surface area contributed by atoms with Crippen molar-refractivity contribution >= 4 is 26.7 Å². The summed E-state index contributed by atoms with van der Waals surface area (Å²) in [6.45, 7) is 6.17. The molecular weight excluding hydrogens is 316 g/mol. The summed E-state index contributed by atoms with van der Waals surface area (Å²) < 4.78 is 6.85. The van der Waals surface area contributed by atoms with Crippen LogP contribution in [-0.4, -0.2) is 10.2 Å². The number of hydrogen-bond acceptors (Lipinski definition) is 3. The normalized spacial score (nSPS) is 12.0. The van der Waals surface area contributed by atoms with Crippen molar-refractivity contribution in [1.29, 1.82) is 0 Å². The number of nitrogens with zero attached hydrogens (tertiary/aromatic N) is 2. The minimum absolute atomic E-state index is 0.132. The zero-order chi connectivity index (χ0) is 14.3. The zero-order valence-electron chi connectivity index (χ0n) is 11.6. The van der Waals surface area contributed by atoms with E-state index in [1.807, 2.05) is 12.1 Å². The van der Waals surface area contributed by atoms with Crippen molar-refractivity contribution in [3.63, 3.8) is 0 Å². The lowest BCUT2D eigenvalue weighted by Gasteiger charge is -2.11. The molecule has 0 radical (unpaired) electrons. The number of halogens is 1. The Balaban J connectivity index is 2.06. The van der Waals surface area contributed by atoms with E-state index in [2.05, 4.69) is 71.2 Å². The third kappa shape index (κ3) is 2.48. The molecule has 0 N–H and O–H groups in total. The van der Waals surface area contributed by atoms with Crippen LogP contribution in [0.4, 0.5) is 0 Å². The van der Waals surface area contributed by atoms with E-state index in [0.717, 1.165) is 15.4 Å². The maximum absolute atomic E-state index is 5.78. The van der Waals surface area contributed by atoms with E-state index in [-0.39, 0.29) is 5.41 Å². The van der Waals surface area contributed by atoms with Crippen LogP contribution in [-0.2, 0) is 5.41 Å². The molecule has 0 aliphatic heterocycles. The summed E-state index contributed by atoms with van der Waals surface area (Å²) in [7, 11) is 0. The van der Waals surface area contributed by atoms with Gasteiger partial charge in [-0.05, 0) is 35.0 Å². The molecule has 0 aliphatic rings. The third-order valence-electron chi connectivity index (χ3n) is 3.12. The molecule has 20 heavy (non-hydrogen) atoms. The Bertz CT molecular complexity index is 771. The molecule has 0 saturated heterocycles. The van der Waals surface area contributed by atoms with Gasteiger partial charge in [0.2, 0.25) is 11.8 Å². The number of rotatable bonds is 1. The van der Waals surface area contributed by atoms with E-state index >= 15 is 0 Å². The van der Waals surface area contributed by atoms with Crippen molar-refractivity contribution in [3.8, 4) is 11.5 Å². The van der Waals surface area contributed by atoms with Gasteiger partial charge in [0.15, 0.2) is 0 Å². The average Bonchev–Trinajstić information content (AvgIpc) is 2.87. The van der Waals surface area contributed by atoms with Gasteiger partial charge in [0.1, 0.15) is 0 Å². The van der Waals surface area contributed by atoms with E-state index in [9.17, 15) is 0 Å². The summed E-state index contributed by atoms with van der Waals surface area (Å²) >= 11 is 3.48. The number of hydrogen-bond donors (Lipinski definition) is 0. The Labute approximate surface area is 126 Å². The fourth-order valence-electron chi connectivity index (χ4n) is 1.99. The lowest BCUT2D eigenvalue weighted by molar-refractivity contribution is 0.399. The van der Waals surface area contributed by atoms with Crippen LogP contribution in [0, 0.1) is 0 Å². The van der Waals surface area contributed by atoms with Crippen LogP contribution in [0.3, 0.4) is 0 Å². The largest absolute Gasteiger partial charge is 0.420 e. The lowest BCUT2D eigenvalue weighted by atomic mass is 9.97. The fraction of sp³-hybridized carbons (Fsp3) is 0.250. The summed E-state index contributed by atoms with van der Waals surface area (Å²) in [5.74, 6) is 1.23. The predicted molar refractivity (Wildman–Crippen MR) is 83.6 cm³/mol. The first-order chi connectivity index (χ1) is 9.43. The molecule has 1 aromatic heterocycles. The monoisotopic (exact) mass is 330 g/mol. The summed E-state index contributed by atoms with van der Waals surface area (Å²) in [4.78, 5) is 0. The Hall–Kier alpha value is -1.68. The van der Waals surface area contributed by atoms with Gasteiger partial charge in [-0.3, -0.25) is 0 Å². The van der Waals surface area contributed by atoms with Crippen molar-refractivity contribution < 1.29 is 4.42 Å². The van der Waals surface area contributed by atoms with Gasteiger partial charge >= 0.3 is 0 Å². The van der Waals surface area contributed by atoms with Crippen LogP contribution in [0.5, 0.6) is 0 Å². The van der Waals surface area contributed by atoms with E-state index in [1.54, 1.807) is 0 Å². The van der Waals surface area contributed by atoms with Crippen molar-refractivity contribution in [2.45, 2.75) is 26.2 Å². The highest BCUT2D eigenvalue weighted by Gasteiger charge is 2.21. The second-order valence-electron chi connectivity index (χ2n) is 5.87. The Morgan fingerprint density at radius 2 is 1.65 bits per heavy atom. The molecule has 0 atom stereocenters. The molecule has 102 valence electrons. The molecule has 2 aromatic carbocycles. The van der Waals surface area contributed by atoms with E-state index in [4.69, 9.17) is 4.42 Å². The molecular formula is C16H15BrN2O. The zero-order valence-corrected chi connectivity index (χ0v) is 13.2. The molecule has 0 bridgehead atoms. The Morgan fingerprint density at radius 1 is 0.950 bits per heavy atom. The maximum Gasteiger partial charge on any atom is 0.247 e. The number of benzene rings is 2. The van der Waals surface area contributed by atoms with Gasteiger partial charge in [-0.15, -0.1) is 10.2 Å². The van der Waals surface area contributed by atoms with Crippen LogP contribution in [0.15, 0.2) is 45.3 Å². The summed E-state index contributed by atoms with van der Waals surface area (Å²) in [6.07, 6.45) is 0. The molecule has 3 rings (SSSR count). The molecule has 4 heteroatoms. The first kappa shape index (κ1) is 13.3. The highest BCUT2D eigenvalue weighted by molar-refractivity contribution is 9.10. The number of aromatic nitrogens is 2. The molecule has 1 heterocycles.